The Hall–Kier alpha value is -1.24. The van der Waals surface area contributed by atoms with Gasteiger partial charge in [0.1, 0.15) is 0 Å². The van der Waals surface area contributed by atoms with Gasteiger partial charge in [0.15, 0.2) is 5.82 Å². The molecule has 122 valence electrons. The Kier molecular flexibility index (Phi) is 5.58. The molecule has 2 atom stereocenters. The molecule has 0 N–H and O–H groups in total. The lowest BCUT2D eigenvalue weighted by Gasteiger charge is -2.36. The molecule has 0 aromatic carbocycles. The minimum Gasteiger partial charge on any atom is -0.381 e. The molecular formula is C16H26N4O2. The van der Waals surface area contributed by atoms with Crippen LogP contribution in [0.2, 0.25) is 0 Å². The van der Waals surface area contributed by atoms with Gasteiger partial charge in [0.2, 0.25) is 0 Å². The lowest BCUT2D eigenvalue weighted by atomic mass is 10.1. The third-order valence-corrected chi connectivity index (χ3v) is 4.45. The molecule has 0 unspecified atom stereocenters. The average molecular weight is 306 g/mol. The van der Waals surface area contributed by atoms with Crippen molar-refractivity contribution >= 4 is 5.82 Å². The van der Waals surface area contributed by atoms with Gasteiger partial charge in [-0.2, -0.15) is 5.10 Å². The van der Waals surface area contributed by atoms with Crippen LogP contribution in [0.5, 0.6) is 0 Å². The van der Waals surface area contributed by atoms with Gasteiger partial charge in [0.25, 0.3) is 0 Å². The highest BCUT2D eigenvalue weighted by molar-refractivity contribution is 5.36. The summed E-state index contributed by atoms with van der Waals surface area (Å²) in [6, 6.07) is 3.94. The summed E-state index contributed by atoms with van der Waals surface area (Å²) in [6.07, 6.45) is 3.14. The van der Waals surface area contributed by atoms with Crippen LogP contribution in [-0.2, 0) is 9.47 Å². The van der Waals surface area contributed by atoms with Gasteiger partial charge in [0, 0.05) is 45.5 Å². The van der Waals surface area contributed by atoms with E-state index < -0.39 is 0 Å². The zero-order valence-electron chi connectivity index (χ0n) is 13.4. The maximum atomic E-state index is 5.96. The highest BCUT2D eigenvalue weighted by Crippen LogP contribution is 2.17. The van der Waals surface area contributed by atoms with Crippen LogP contribution in [0.4, 0.5) is 5.82 Å². The van der Waals surface area contributed by atoms with Crippen LogP contribution in [0.1, 0.15) is 13.3 Å². The molecule has 0 spiro atoms. The summed E-state index contributed by atoms with van der Waals surface area (Å²) in [6.45, 7) is 9.75. The number of nitrogens with zero attached hydrogens (tertiary/aromatic N) is 4. The molecule has 2 aliphatic rings. The maximum absolute atomic E-state index is 5.96. The normalized spacial score (nSPS) is 26.2. The summed E-state index contributed by atoms with van der Waals surface area (Å²) in [5, 5.41) is 8.18. The van der Waals surface area contributed by atoms with Crippen molar-refractivity contribution in [3.63, 3.8) is 0 Å². The van der Waals surface area contributed by atoms with E-state index in [-0.39, 0.29) is 6.10 Å². The molecule has 2 saturated heterocycles. The minimum absolute atomic E-state index is 0.234. The standard InChI is InChI=1S/C16H26N4O2/c1-2-20(16-4-3-6-17-18-16)12-15-11-19(7-9-22-15)10-14-5-8-21-13-14/h3-4,6,14-15H,2,5,7-13H2,1H3/t14-,15+/m0/s1. The quantitative estimate of drug-likeness (QED) is 0.783. The van der Waals surface area contributed by atoms with Gasteiger partial charge in [-0.1, -0.05) is 0 Å². The monoisotopic (exact) mass is 306 g/mol. The van der Waals surface area contributed by atoms with Crippen LogP contribution >= 0.6 is 0 Å². The van der Waals surface area contributed by atoms with E-state index in [0.29, 0.717) is 5.92 Å². The number of hydrogen-bond donors (Lipinski definition) is 0. The summed E-state index contributed by atoms with van der Waals surface area (Å²) in [4.78, 5) is 4.76. The minimum atomic E-state index is 0.234. The molecule has 1 aromatic rings. The van der Waals surface area contributed by atoms with Gasteiger partial charge in [-0.3, -0.25) is 4.90 Å². The summed E-state index contributed by atoms with van der Waals surface area (Å²) in [7, 11) is 0. The van der Waals surface area contributed by atoms with E-state index in [1.54, 1.807) is 6.20 Å². The predicted molar refractivity (Wildman–Crippen MR) is 85.0 cm³/mol. The first-order valence-corrected chi connectivity index (χ1v) is 8.29. The van der Waals surface area contributed by atoms with E-state index in [1.165, 1.54) is 6.42 Å². The van der Waals surface area contributed by atoms with Crippen LogP contribution in [0.3, 0.4) is 0 Å². The van der Waals surface area contributed by atoms with Crippen molar-refractivity contribution < 1.29 is 9.47 Å². The number of rotatable bonds is 6. The molecular weight excluding hydrogens is 280 g/mol. The van der Waals surface area contributed by atoms with Crippen molar-refractivity contribution in [2.24, 2.45) is 5.92 Å². The van der Waals surface area contributed by atoms with Gasteiger partial charge < -0.3 is 14.4 Å². The van der Waals surface area contributed by atoms with Crippen molar-refractivity contribution in [2.75, 3.05) is 57.4 Å². The third kappa shape index (κ3) is 4.15. The molecule has 0 amide bonds. The Morgan fingerprint density at radius 2 is 2.36 bits per heavy atom. The molecule has 6 nitrogen and oxygen atoms in total. The fourth-order valence-electron chi connectivity index (χ4n) is 3.24. The number of aromatic nitrogens is 2. The summed E-state index contributed by atoms with van der Waals surface area (Å²) >= 11 is 0. The second-order valence-electron chi connectivity index (χ2n) is 6.10. The molecule has 2 fully saturated rings. The van der Waals surface area contributed by atoms with Crippen LogP contribution in [0.15, 0.2) is 18.3 Å². The Morgan fingerprint density at radius 1 is 1.41 bits per heavy atom. The van der Waals surface area contributed by atoms with Crippen molar-refractivity contribution in [1.29, 1.82) is 0 Å². The van der Waals surface area contributed by atoms with Crippen LogP contribution in [-0.4, -0.2) is 73.7 Å². The fourth-order valence-corrected chi connectivity index (χ4v) is 3.24. The summed E-state index contributed by atoms with van der Waals surface area (Å²) in [5.41, 5.74) is 0. The lowest BCUT2D eigenvalue weighted by molar-refractivity contribution is -0.0288. The highest BCUT2D eigenvalue weighted by Gasteiger charge is 2.26. The first-order valence-electron chi connectivity index (χ1n) is 8.29. The molecule has 2 aliphatic heterocycles. The van der Waals surface area contributed by atoms with E-state index in [0.717, 1.165) is 58.4 Å². The van der Waals surface area contributed by atoms with E-state index in [9.17, 15) is 0 Å². The molecule has 22 heavy (non-hydrogen) atoms. The van der Waals surface area contributed by atoms with E-state index >= 15 is 0 Å². The Labute approximate surface area is 132 Å². The first-order chi connectivity index (χ1) is 10.8. The third-order valence-electron chi connectivity index (χ3n) is 4.45. The molecule has 0 bridgehead atoms. The topological polar surface area (TPSA) is 50.7 Å². The number of ether oxygens (including phenoxy) is 2. The van der Waals surface area contributed by atoms with E-state index in [2.05, 4.69) is 26.9 Å². The second-order valence-corrected chi connectivity index (χ2v) is 6.10. The predicted octanol–water partition coefficient (Wildman–Crippen LogP) is 1.04. The van der Waals surface area contributed by atoms with Crippen LogP contribution < -0.4 is 4.90 Å². The number of likely N-dealkylation sites (N-methyl/N-ethyl adjacent to an activating group) is 1. The Morgan fingerprint density at radius 3 is 3.09 bits per heavy atom. The summed E-state index contributed by atoms with van der Waals surface area (Å²) in [5.74, 6) is 1.62. The molecule has 0 radical (unpaired) electrons. The van der Waals surface area contributed by atoms with E-state index in [4.69, 9.17) is 9.47 Å². The zero-order chi connectivity index (χ0) is 15.2. The lowest BCUT2D eigenvalue weighted by Crippen LogP contribution is -2.49. The van der Waals surface area contributed by atoms with Crippen LogP contribution in [0, 0.1) is 5.92 Å². The SMILES string of the molecule is CCN(C[C@H]1CN(C[C@@H]2CCOC2)CCO1)c1cccnn1. The Balaban J connectivity index is 1.52. The average Bonchev–Trinajstić information content (AvgIpc) is 3.07. The van der Waals surface area contributed by atoms with Crippen molar-refractivity contribution in [1.82, 2.24) is 15.1 Å². The zero-order valence-corrected chi connectivity index (χ0v) is 13.4. The van der Waals surface area contributed by atoms with Crippen molar-refractivity contribution in [3.8, 4) is 0 Å². The van der Waals surface area contributed by atoms with Crippen molar-refractivity contribution in [2.45, 2.75) is 19.4 Å². The maximum Gasteiger partial charge on any atom is 0.151 e. The second kappa shape index (κ2) is 7.85. The van der Waals surface area contributed by atoms with Crippen LogP contribution in [0.25, 0.3) is 0 Å². The molecule has 6 heteroatoms. The smallest absolute Gasteiger partial charge is 0.151 e. The molecule has 3 heterocycles. The van der Waals surface area contributed by atoms with Crippen molar-refractivity contribution in [3.05, 3.63) is 18.3 Å². The number of anilines is 1. The summed E-state index contributed by atoms with van der Waals surface area (Å²) < 4.78 is 11.4. The van der Waals surface area contributed by atoms with E-state index in [1.807, 2.05) is 12.1 Å². The van der Waals surface area contributed by atoms with Gasteiger partial charge in [0.05, 0.1) is 19.3 Å². The first kappa shape index (κ1) is 15.6. The molecule has 3 rings (SSSR count). The highest BCUT2D eigenvalue weighted by atomic mass is 16.5. The Bertz CT molecular complexity index is 439. The van der Waals surface area contributed by atoms with Gasteiger partial charge in [-0.25, -0.2) is 0 Å². The van der Waals surface area contributed by atoms with Gasteiger partial charge in [-0.05, 0) is 31.4 Å². The largest absolute Gasteiger partial charge is 0.381 e. The number of hydrogen-bond acceptors (Lipinski definition) is 6. The molecule has 0 aliphatic carbocycles. The number of morpholine rings is 1. The van der Waals surface area contributed by atoms with Gasteiger partial charge in [-0.15, -0.1) is 5.10 Å². The van der Waals surface area contributed by atoms with Gasteiger partial charge >= 0.3 is 0 Å². The molecule has 0 saturated carbocycles. The molecule has 1 aromatic heterocycles. The fraction of sp³-hybridized carbons (Fsp3) is 0.750.